The van der Waals surface area contributed by atoms with Crippen LogP contribution in [0.1, 0.15) is 12.0 Å². The van der Waals surface area contributed by atoms with Gasteiger partial charge in [0.2, 0.25) is 5.91 Å². The first kappa shape index (κ1) is 19.2. The zero-order valence-electron chi connectivity index (χ0n) is 15.4. The zero-order valence-corrected chi connectivity index (χ0v) is 16.2. The van der Waals surface area contributed by atoms with E-state index in [0.29, 0.717) is 13.0 Å². The molecule has 0 aliphatic carbocycles. The first-order valence-corrected chi connectivity index (χ1v) is 9.25. The average Bonchev–Trinajstić information content (AvgIpc) is 2.62. The lowest BCUT2D eigenvalue weighted by Crippen LogP contribution is -2.26. The zero-order chi connectivity index (χ0) is 18.2. The molecule has 0 saturated carbocycles. The summed E-state index contributed by atoms with van der Waals surface area (Å²) in [4.78, 5) is 17.3. The van der Waals surface area contributed by atoms with Gasteiger partial charge in [0.05, 0.1) is 7.11 Å². The highest BCUT2D eigenvalue weighted by Crippen LogP contribution is 2.22. The van der Waals surface area contributed by atoms with Gasteiger partial charge in [0.25, 0.3) is 0 Å². The van der Waals surface area contributed by atoms with Crippen LogP contribution in [0.15, 0.2) is 53.4 Å². The number of nitrogens with zero attached hydrogens (tertiary/aromatic N) is 2. The predicted molar refractivity (Wildman–Crippen MR) is 106 cm³/mol. The molecule has 0 spiro atoms. The van der Waals surface area contributed by atoms with Crippen molar-refractivity contribution in [2.24, 2.45) is 0 Å². The third-order valence-electron chi connectivity index (χ3n) is 3.94. The maximum absolute atomic E-state index is 12.3. The predicted octanol–water partition coefficient (Wildman–Crippen LogP) is 3.90. The molecule has 25 heavy (non-hydrogen) atoms. The van der Waals surface area contributed by atoms with Crippen molar-refractivity contribution in [1.82, 2.24) is 4.90 Å². The second kappa shape index (κ2) is 9.37. The third kappa shape index (κ3) is 6.02. The van der Waals surface area contributed by atoms with Crippen LogP contribution in [-0.4, -0.2) is 44.8 Å². The molecule has 0 atom stereocenters. The molecule has 0 saturated heterocycles. The summed E-state index contributed by atoms with van der Waals surface area (Å²) in [5.41, 5.74) is 2.30. The van der Waals surface area contributed by atoms with Gasteiger partial charge < -0.3 is 14.5 Å². The number of carbonyl (C=O) groups excluding carboxylic acids is 1. The number of hydrogen-bond donors (Lipinski definition) is 0. The number of carbonyl (C=O) groups is 1. The third-order valence-corrected chi connectivity index (χ3v) is 4.96. The Bertz CT molecular complexity index is 669. The molecule has 2 aromatic carbocycles. The molecule has 0 aliphatic heterocycles. The minimum absolute atomic E-state index is 0.165. The van der Waals surface area contributed by atoms with Crippen LogP contribution in [0.3, 0.4) is 0 Å². The van der Waals surface area contributed by atoms with Gasteiger partial charge >= 0.3 is 0 Å². The lowest BCUT2D eigenvalue weighted by Gasteiger charge is -2.18. The number of hydrogen-bond acceptors (Lipinski definition) is 4. The Morgan fingerprint density at radius 2 is 1.64 bits per heavy atom. The van der Waals surface area contributed by atoms with Gasteiger partial charge in [-0.25, -0.2) is 0 Å². The highest BCUT2D eigenvalue weighted by atomic mass is 32.2. The molecule has 0 bridgehead atoms. The fourth-order valence-corrected chi connectivity index (χ4v) is 3.22. The van der Waals surface area contributed by atoms with Crippen LogP contribution in [0.4, 0.5) is 5.69 Å². The van der Waals surface area contributed by atoms with Crippen LogP contribution in [-0.2, 0) is 11.3 Å². The molecular weight excluding hydrogens is 332 g/mol. The molecule has 2 aromatic rings. The Hall–Kier alpha value is -2.14. The molecule has 0 fully saturated rings. The highest BCUT2D eigenvalue weighted by Gasteiger charge is 2.09. The summed E-state index contributed by atoms with van der Waals surface area (Å²) in [6.07, 6.45) is 0.531. The molecule has 5 heteroatoms. The molecule has 0 N–H and O–H groups in total. The summed E-state index contributed by atoms with van der Waals surface area (Å²) < 4.78 is 5.15. The van der Waals surface area contributed by atoms with Gasteiger partial charge in [-0.2, -0.15) is 0 Å². The van der Waals surface area contributed by atoms with Crippen molar-refractivity contribution < 1.29 is 9.53 Å². The van der Waals surface area contributed by atoms with Gasteiger partial charge in [-0.3, -0.25) is 4.79 Å². The Kier molecular flexibility index (Phi) is 7.19. The smallest absolute Gasteiger partial charge is 0.223 e. The van der Waals surface area contributed by atoms with Crippen molar-refractivity contribution in [3.63, 3.8) is 0 Å². The molecular formula is C20H26N2O2S. The topological polar surface area (TPSA) is 32.8 Å². The first-order chi connectivity index (χ1) is 12.0. The molecule has 134 valence electrons. The van der Waals surface area contributed by atoms with Crippen LogP contribution in [0.2, 0.25) is 0 Å². The van der Waals surface area contributed by atoms with Crippen molar-refractivity contribution in [2.75, 3.05) is 38.9 Å². The number of methoxy groups -OCH3 is 1. The van der Waals surface area contributed by atoms with Crippen LogP contribution in [0.25, 0.3) is 0 Å². The maximum Gasteiger partial charge on any atom is 0.223 e. The summed E-state index contributed by atoms with van der Waals surface area (Å²) >= 11 is 1.69. The van der Waals surface area contributed by atoms with Gasteiger partial charge in [-0.1, -0.05) is 12.1 Å². The molecule has 0 radical (unpaired) electrons. The summed E-state index contributed by atoms with van der Waals surface area (Å²) in [6.45, 7) is 0.639. The van der Waals surface area contributed by atoms with E-state index < -0.39 is 0 Å². The van der Waals surface area contributed by atoms with E-state index in [9.17, 15) is 4.79 Å². The van der Waals surface area contributed by atoms with E-state index in [0.717, 1.165) is 27.6 Å². The number of benzene rings is 2. The minimum Gasteiger partial charge on any atom is -0.497 e. The lowest BCUT2D eigenvalue weighted by atomic mass is 10.2. The van der Waals surface area contributed by atoms with Gasteiger partial charge in [0, 0.05) is 50.4 Å². The molecule has 1 amide bonds. The van der Waals surface area contributed by atoms with Crippen LogP contribution < -0.4 is 9.64 Å². The molecule has 0 heterocycles. The monoisotopic (exact) mass is 358 g/mol. The van der Waals surface area contributed by atoms with Crippen molar-refractivity contribution in [2.45, 2.75) is 17.9 Å². The SMILES string of the molecule is COc1ccc(SCCC(=O)N(C)Cc2ccc(N(C)C)cc2)cc1. The normalized spacial score (nSPS) is 10.4. The Morgan fingerprint density at radius 3 is 2.20 bits per heavy atom. The summed E-state index contributed by atoms with van der Waals surface area (Å²) in [7, 11) is 7.56. The van der Waals surface area contributed by atoms with Crippen LogP contribution >= 0.6 is 11.8 Å². The molecule has 0 unspecified atom stereocenters. The van der Waals surface area contributed by atoms with E-state index in [1.54, 1.807) is 23.8 Å². The average molecular weight is 359 g/mol. The van der Waals surface area contributed by atoms with Gasteiger partial charge in [0.15, 0.2) is 0 Å². The van der Waals surface area contributed by atoms with Crippen molar-refractivity contribution in [3.05, 3.63) is 54.1 Å². The van der Waals surface area contributed by atoms with Crippen molar-refractivity contribution in [3.8, 4) is 5.75 Å². The largest absolute Gasteiger partial charge is 0.497 e. The van der Waals surface area contributed by atoms with E-state index >= 15 is 0 Å². The lowest BCUT2D eigenvalue weighted by molar-refractivity contribution is -0.129. The van der Waals surface area contributed by atoms with E-state index in [2.05, 4.69) is 29.2 Å². The van der Waals surface area contributed by atoms with E-state index in [1.165, 1.54) is 0 Å². The standard InChI is InChI=1S/C20H26N2O2S/c1-21(2)17-7-5-16(6-8-17)15-22(3)20(23)13-14-25-19-11-9-18(24-4)10-12-19/h5-12H,13-15H2,1-4H3. The number of ether oxygens (including phenoxy) is 1. The van der Waals surface area contributed by atoms with Crippen molar-refractivity contribution >= 4 is 23.4 Å². The fourth-order valence-electron chi connectivity index (χ4n) is 2.38. The Balaban J connectivity index is 1.77. The number of anilines is 1. The maximum atomic E-state index is 12.3. The molecule has 2 rings (SSSR count). The summed E-state index contributed by atoms with van der Waals surface area (Å²) in [6, 6.07) is 16.2. The quantitative estimate of drug-likeness (QED) is 0.670. The minimum atomic E-state index is 0.165. The van der Waals surface area contributed by atoms with E-state index in [-0.39, 0.29) is 5.91 Å². The number of thioether (sulfide) groups is 1. The van der Waals surface area contributed by atoms with Gasteiger partial charge in [0.1, 0.15) is 5.75 Å². The second-order valence-corrected chi connectivity index (χ2v) is 7.25. The highest BCUT2D eigenvalue weighted by molar-refractivity contribution is 7.99. The molecule has 0 aromatic heterocycles. The van der Waals surface area contributed by atoms with E-state index in [1.807, 2.05) is 45.4 Å². The number of amides is 1. The molecule has 4 nitrogen and oxygen atoms in total. The van der Waals surface area contributed by atoms with Crippen LogP contribution in [0.5, 0.6) is 5.75 Å². The summed E-state index contributed by atoms with van der Waals surface area (Å²) in [5.74, 6) is 1.79. The molecule has 0 aliphatic rings. The first-order valence-electron chi connectivity index (χ1n) is 8.26. The van der Waals surface area contributed by atoms with E-state index in [4.69, 9.17) is 4.74 Å². The van der Waals surface area contributed by atoms with Gasteiger partial charge in [-0.15, -0.1) is 11.8 Å². The number of rotatable bonds is 8. The Morgan fingerprint density at radius 1 is 1.00 bits per heavy atom. The Labute approximate surface area is 154 Å². The summed E-state index contributed by atoms with van der Waals surface area (Å²) in [5, 5.41) is 0. The van der Waals surface area contributed by atoms with Gasteiger partial charge in [-0.05, 0) is 42.0 Å². The fraction of sp³-hybridized carbons (Fsp3) is 0.350. The van der Waals surface area contributed by atoms with Crippen molar-refractivity contribution in [1.29, 1.82) is 0 Å². The second-order valence-electron chi connectivity index (χ2n) is 6.08. The van der Waals surface area contributed by atoms with Crippen LogP contribution in [0, 0.1) is 0 Å².